The number of carboxylic acid groups (broad SMARTS) is 1. The summed E-state index contributed by atoms with van der Waals surface area (Å²) in [5, 5.41) is 13.9. The smallest absolute Gasteiger partial charge is 0.341 e. The lowest BCUT2D eigenvalue weighted by atomic mass is 10.2. The molecule has 6 heteroatoms. The Labute approximate surface area is 111 Å². The molecule has 0 radical (unpaired) electrons. The van der Waals surface area contributed by atoms with Crippen molar-refractivity contribution >= 4 is 17.7 Å². The minimum atomic E-state index is -1.05. The van der Waals surface area contributed by atoms with Crippen LogP contribution in [0.3, 0.4) is 0 Å². The molecule has 0 heterocycles. The number of anilines is 1. The van der Waals surface area contributed by atoms with E-state index in [9.17, 15) is 9.59 Å². The quantitative estimate of drug-likeness (QED) is 0.734. The summed E-state index contributed by atoms with van der Waals surface area (Å²) in [7, 11) is 0. The number of amides is 2. The second-order valence-corrected chi connectivity index (χ2v) is 4.44. The Bertz CT molecular complexity index is 446. The van der Waals surface area contributed by atoms with Gasteiger partial charge in [-0.05, 0) is 18.1 Å². The molecule has 0 saturated heterocycles. The molecule has 19 heavy (non-hydrogen) atoms. The number of carbonyl (C=O) groups is 2. The van der Waals surface area contributed by atoms with Gasteiger partial charge in [0.2, 0.25) is 0 Å². The molecular formula is C13H18N2O4. The molecular weight excluding hydrogens is 248 g/mol. The standard InChI is InChI=1S/C13H18N2O4/c1-9(2)7-14-13(18)15-10-4-3-5-11(6-10)19-8-12(16)17/h3-6,9H,7-8H2,1-2H3,(H,16,17)(H2,14,15,18). The summed E-state index contributed by atoms with van der Waals surface area (Å²) in [5.74, 6) is -0.284. The lowest BCUT2D eigenvalue weighted by Crippen LogP contribution is -2.31. The van der Waals surface area contributed by atoms with E-state index in [2.05, 4.69) is 10.6 Å². The highest BCUT2D eigenvalue weighted by Gasteiger charge is 2.04. The Kier molecular flexibility index (Phi) is 5.66. The number of hydrogen-bond donors (Lipinski definition) is 3. The molecule has 0 aliphatic carbocycles. The van der Waals surface area contributed by atoms with Crippen molar-refractivity contribution in [1.29, 1.82) is 0 Å². The Hall–Kier alpha value is -2.24. The fourth-order valence-electron chi connectivity index (χ4n) is 1.28. The van der Waals surface area contributed by atoms with E-state index in [0.29, 0.717) is 23.9 Å². The second-order valence-electron chi connectivity index (χ2n) is 4.44. The number of rotatable bonds is 6. The van der Waals surface area contributed by atoms with Gasteiger partial charge in [0, 0.05) is 18.3 Å². The van der Waals surface area contributed by atoms with Gasteiger partial charge in [-0.2, -0.15) is 0 Å². The summed E-state index contributed by atoms with van der Waals surface area (Å²) < 4.78 is 5.02. The summed E-state index contributed by atoms with van der Waals surface area (Å²) in [6.07, 6.45) is 0. The first kappa shape index (κ1) is 14.8. The highest BCUT2D eigenvalue weighted by Crippen LogP contribution is 2.17. The van der Waals surface area contributed by atoms with E-state index in [0.717, 1.165) is 0 Å². The molecule has 3 N–H and O–H groups in total. The van der Waals surface area contributed by atoms with Gasteiger partial charge >= 0.3 is 12.0 Å². The van der Waals surface area contributed by atoms with E-state index >= 15 is 0 Å². The van der Waals surface area contributed by atoms with Crippen LogP contribution in [0.4, 0.5) is 10.5 Å². The van der Waals surface area contributed by atoms with E-state index < -0.39 is 12.6 Å². The normalized spacial score (nSPS) is 10.1. The summed E-state index contributed by atoms with van der Waals surface area (Å²) in [6, 6.07) is 6.26. The number of aliphatic carboxylic acids is 1. The molecule has 2 amide bonds. The van der Waals surface area contributed by atoms with Crippen molar-refractivity contribution in [2.24, 2.45) is 5.92 Å². The zero-order chi connectivity index (χ0) is 14.3. The van der Waals surface area contributed by atoms with Crippen LogP contribution in [0.5, 0.6) is 5.75 Å². The van der Waals surface area contributed by atoms with Crippen LogP contribution in [0, 0.1) is 5.92 Å². The van der Waals surface area contributed by atoms with Crippen molar-refractivity contribution in [2.75, 3.05) is 18.5 Å². The first-order valence-corrected chi connectivity index (χ1v) is 5.97. The van der Waals surface area contributed by atoms with Crippen LogP contribution in [0.15, 0.2) is 24.3 Å². The molecule has 0 spiro atoms. The van der Waals surface area contributed by atoms with Crippen LogP contribution in [-0.2, 0) is 4.79 Å². The lowest BCUT2D eigenvalue weighted by Gasteiger charge is -2.10. The van der Waals surface area contributed by atoms with Crippen LogP contribution in [0.1, 0.15) is 13.8 Å². The number of carboxylic acids is 1. The molecule has 6 nitrogen and oxygen atoms in total. The molecule has 0 bridgehead atoms. The van der Waals surface area contributed by atoms with Crippen LogP contribution in [0.2, 0.25) is 0 Å². The third kappa shape index (κ3) is 6.30. The van der Waals surface area contributed by atoms with Crippen molar-refractivity contribution in [1.82, 2.24) is 5.32 Å². The van der Waals surface area contributed by atoms with E-state index in [-0.39, 0.29) is 6.03 Å². The van der Waals surface area contributed by atoms with Gasteiger partial charge in [0.1, 0.15) is 5.75 Å². The first-order chi connectivity index (χ1) is 8.97. The van der Waals surface area contributed by atoms with Gasteiger partial charge in [-0.25, -0.2) is 9.59 Å². The minimum Gasteiger partial charge on any atom is -0.482 e. The number of urea groups is 1. The Morgan fingerprint density at radius 2 is 2.11 bits per heavy atom. The maximum atomic E-state index is 11.5. The van der Waals surface area contributed by atoms with Gasteiger partial charge in [-0.3, -0.25) is 0 Å². The third-order valence-corrected chi connectivity index (χ3v) is 2.13. The van der Waals surface area contributed by atoms with E-state index in [1.807, 2.05) is 13.8 Å². The second kappa shape index (κ2) is 7.25. The third-order valence-electron chi connectivity index (χ3n) is 2.13. The molecule has 0 saturated carbocycles. The summed E-state index contributed by atoms with van der Waals surface area (Å²) in [5.41, 5.74) is 0.546. The number of nitrogens with one attached hydrogen (secondary N) is 2. The van der Waals surface area contributed by atoms with E-state index in [1.54, 1.807) is 24.3 Å². The zero-order valence-corrected chi connectivity index (χ0v) is 11.0. The average molecular weight is 266 g/mol. The topological polar surface area (TPSA) is 87.7 Å². The fraction of sp³-hybridized carbons (Fsp3) is 0.385. The molecule has 104 valence electrons. The first-order valence-electron chi connectivity index (χ1n) is 5.97. The van der Waals surface area contributed by atoms with Crippen LogP contribution in [0.25, 0.3) is 0 Å². The van der Waals surface area contributed by atoms with E-state index in [4.69, 9.17) is 9.84 Å². The fourth-order valence-corrected chi connectivity index (χ4v) is 1.28. The van der Waals surface area contributed by atoms with Gasteiger partial charge in [-0.15, -0.1) is 0 Å². The van der Waals surface area contributed by atoms with Gasteiger partial charge < -0.3 is 20.5 Å². The number of hydrogen-bond acceptors (Lipinski definition) is 3. The molecule has 0 atom stereocenters. The number of benzene rings is 1. The predicted octanol–water partition coefficient (Wildman–Crippen LogP) is 1.93. The van der Waals surface area contributed by atoms with Crippen molar-refractivity contribution in [2.45, 2.75) is 13.8 Å². The van der Waals surface area contributed by atoms with Gasteiger partial charge in [-0.1, -0.05) is 19.9 Å². The van der Waals surface area contributed by atoms with Gasteiger partial charge in [0.15, 0.2) is 6.61 Å². The Morgan fingerprint density at radius 3 is 2.74 bits per heavy atom. The van der Waals surface area contributed by atoms with Gasteiger partial charge in [0.05, 0.1) is 0 Å². The monoisotopic (exact) mass is 266 g/mol. The predicted molar refractivity (Wildman–Crippen MR) is 71.4 cm³/mol. The van der Waals surface area contributed by atoms with Crippen LogP contribution in [-0.4, -0.2) is 30.3 Å². The molecule has 0 aliphatic rings. The molecule has 1 rings (SSSR count). The molecule has 0 unspecified atom stereocenters. The SMILES string of the molecule is CC(C)CNC(=O)Nc1cccc(OCC(=O)O)c1. The van der Waals surface area contributed by atoms with Crippen molar-refractivity contribution in [3.05, 3.63) is 24.3 Å². The molecule has 1 aromatic rings. The van der Waals surface area contributed by atoms with Crippen LogP contribution < -0.4 is 15.4 Å². The molecule has 0 fully saturated rings. The largest absolute Gasteiger partial charge is 0.482 e. The average Bonchev–Trinajstić information content (AvgIpc) is 2.34. The highest BCUT2D eigenvalue weighted by molar-refractivity contribution is 5.89. The highest BCUT2D eigenvalue weighted by atomic mass is 16.5. The minimum absolute atomic E-state index is 0.302. The number of carbonyl (C=O) groups excluding carboxylic acids is 1. The zero-order valence-electron chi connectivity index (χ0n) is 11.0. The lowest BCUT2D eigenvalue weighted by molar-refractivity contribution is -0.139. The van der Waals surface area contributed by atoms with Crippen molar-refractivity contribution < 1.29 is 19.4 Å². The van der Waals surface area contributed by atoms with Crippen molar-refractivity contribution in [3.63, 3.8) is 0 Å². The number of ether oxygens (including phenoxy) is 1. The summed E-state index contributed by atoms with van der Waals surface area (Å²) >= 11 is 0. The molecule has 1 aromatic carbocycles. The Morgan fingerprint density at radius 1 is 1.37 bits per heavy atom. The molecule has 0 aromatic heterocycles. The molecule has 0 aliphatic heterocycles. The van der Waals surface area contributed by atoms with Crippen molar-refractivity contribution in [3.8, 4) is 5.75 Å². The van der Waals surface area contributed by atoms with Gasteiger partial charge in [0.25, 0.3) is 0 Å². The maximum Gasteiger partial charge on any atom is 0.341 e. The maximum absolute atomic E-state index is 11.5. The summed E-state index contributed by atoms with van der Waals surface area (Å²) in [6.45, 7) is 4.17. The van der Waals surface area contributed by atoms with Crippen LogP contribution >= 0.6 is 0 Å². The van der Waals surface area contributed by atoms with E-state index in [1.165, 1.54) is 0 Å². The Balaban J connectivity index is 2.51. The summed E-state index contributed by atoms with van der Waals surface area (Å²) in [4.78, 5) is 21.9.